The van der Waals surface area contributed by atoms with E-state index in [0.717, 1.165) is 24.8 Å². The zero-order valence-corrected chi connectivity index (χ0v) is 18.0. The van der Waals surface area contributed by atoms with Crippen molar-refractivity contribution in [2.24, 2.45) is 11.8 Å². The Bertz CT molecular complexity index is 788. The Morgan fingerprint density at radius 3 is 2.50 bits per heavy atom. The lowest BCUT2D eigenvalue weighted by molar-refractivity contribution is 0.0595. The van der Waals surface area contributed by atoms with Gasteiger partial charge in [0, 0.05) is 11.5 Å². The number of aromatic hydroxyl groups is 2. The van der Waals surface area contributed by atoms with Gasteiger partial charge in [-0.25, -0.2) is 4.79 Å². The Balaban J connectivity index is 2.71. The number of esters is 1. The van der Waals surface area contributed by atoms with Crippen molar-refractivity contribution in [3.63, 3.8) is 0 Å². The number of phenols is 2. The molecule has 154 valence electrons. The smallest absolute Gasteiger partial charge is 0.341 e. The minimum atomic E-state index is -0.576. The van der Waals surface area contributed by atoms with Crippen molar-refractivity contribution in [1.29, 1.82) is 0 Å². The highest BCUT2D eigenvalue weighted by atomic mass is 16.5. The third-order valence-corrected chi connectivity index (χ3v) is 5.81. The first-order valence-corrected chi connectivity index (χ1v) is 10.1. The molecule has 0 spiro atoms. The summed E-state index contributed by atoms with van der Waals surface area (Å²) in [5.74, 6) is -0.416. The zero-order valence-electron chi connectivity index (χ0n) is 18.0. The molecule has 28 heavy (non-hydrogen) atoms. The van der Waals surface area contributed by atoms with E-state index in [1.165, 1.54) is 12.7 Å². The van der Waals surface area contributed by atoms with Crippen LogP contribution in [0.1, 0.15) is 87.2 Å². The van der Waals surface area contributed by atoms with Gasteiger partial charge in [-0.2, -0.15) is 0 Å². The second-order valence-corrected chi connectivity index (χ2v) is 8.67. The SMILES string of the molecule is C=C(C)[C@H]1CCC(C)=C[C@@H]1c1c(O)cc(C(C)CC(C)C)c(C(=O)OC)c1O. The monoisotopic (exact) mass is 386 g/mol. The van der Waals surface area contributed by atoms with Gasteiger partial charge in [-0.05, 0) is 62.5 Å². The van der Waals surface area contributed by atoms with E-state index in [9.17, 15) is 15.0 Å². The Hall–Kier alpha value is -2.23. The minimum absolute atomic E-state index is 0.000483. The Morgan fingerprint density at radius 2 is 1.96 bits per heavy atom. The Labute approximate surface area is 168 Å². The summed E-state index contributed by atoms with van der Waals surface area (Å²) in [6, 6.07) is 1.64. The van der Waals surface area contributed by atoms with Gasteiger partial charge in [0.15, 0.2) is 0 Å². The van der Waals surface area contributed by atoms with Crippen LogP contribution in [-0.4, -0.2) is 23.3 Å². The van der Waals surface area contributed by atoms with Gasteiger partial charge in [-0.15, -0.1) is 0 Å². The molecule has 1 aromatic rings. The van der Waals surface area contributed by atoms with E-state index in [-0.39, 0.29) is 34.8 Å². The second kappa shape index (κ2) is 8.85. The van der Waals surface area contributed by atoms with E-state index in [1.807, 2.05) is 13.8 Å². The molecule has 1 unspecified atom stereocenters. The summed E-state index contributed by atoms with van der Waals surface area (Å²) in [4.78, 5) is 12.6. The van der Waals surface area contributed by atoms with Crippen molar-refractivity contribution in [1.82, 2.24) is 0 Å². The number of allylic oxidation sites excluding steroid dienone is 3. The molecule has 0 aliphatic heterocycles. The largest absolute Gasteiger partial charge is 0.507 e. The number of methoxy groups -OCH3 is 1. The number of hydrogen-bond acceptors (Lipinski definition) is 4. The van der Waals surface area contributed by atoms with E-state index >= 15 is 0 Å². The predicted octanol–water partition coefficient (Wildman–Crippen LogP) is 6.05. The van der Waals surface area contributed by atoms with Crippen LogP contribution < -0.4 is 0 Å². The fourth-order valence-electron chi connectivity index (χ4n) is 4.46. The number of rotatable bonds is 6. The normalized spacial score (nSPS) is 20.6. The molecular weight excluding hydrogens is 352 g/mol. The van der Waals surface area contributed by atoms with E-state index in [2.05, 4.69) is 33.4 Å². The van der Waals surface area contributed by atoms with Crippen molar-refractivity contribution >= 4 is 5.97 Å². The molecule has 0 radical (unpaired) electrons. The molecule has 4 nitrogen and oxygen atoms in total. The van der Waals surface area contributed by atoms with Gasteiger partial charge in [-0.1, -0.05) is 44.6 Å². The molecule has 0 fully saturated rings. The van der Waals surface area contributed by atoms with Crippen molar-refractivity contribution in [2.45, 2.75) is 65.7 Å². The van der Waals surface area contributed by atoms with Crippen LogP contribution in [0, 0.1) is 11.8 Å². The van der Waals surface area contributed by atoms with Crippen molar-refractivity contribution in [3.05, 3.63) is 46.6 Å². The molecule has 0 amide bonds. The van der Waals surface area contributed by atoms with Crippen molar-refractivity contribution in [2.75, 3.05) is 7.11 Å². The lowest BCUT2D eigenvalue weighted by Gasteiger charge is -2.32. The van der Waals surface area contributed by atoms with Gasteiger partial charge < -0.3 is 14.9 Å². The maximum absolute atomic E-state index is 12.6. The Kier molecular flexibility index (Phi) is 6.97. The molecule has 1 aliphatic rings. The van der Waals surface area contributed by atoms with Crippen LogP contribution in [0.15, 0.2) is 29.9 Å². The summed E-state index contributed by atoms with van der Waals surface area (Å²) in [6.07, 6.45) is 4.78. The molecule has 2 N–H and O–H groups in total. The number of hydrogen-bond donors (Lipinski definition) is 2. The van der Waals surface area contributed by atoms with Crippen LogP contribution in [0.5, 0.6) is 11.5 Å². The van der Waals surface area contributed by atoms with Gasteiger partial charge in [0.2, 0.25) is 0 Å². The summed E-state index contributed by atoms with van der Waals surface area (Å²) < 4.78 is 4.98. The van der Waals surface area contributed by atoms with E-state index in [0.29, 0.717) is 17.0 Å². The molecule has 1 aromatic carbocycles. The fourth-order valence-corrected chi connectivity index (χ4v) is 4.46. The quantitative estimate of drug-likeness (QED) is 0.461. The van der Waals surface area contributed by atoms with Gasteiger partial charge in [0.05, 0.1) is 7.11 Å². The van der Waals surface area contributed by atoms with Crippen LogP contribution >= 0.6 is 0 Å². The number of ether oxygens (including phenoxy) is 1. The van der Waals surface area contributed by atoms with Gasteiger partial charge in [-0.3, -0.25) is 0 Å². The third-order valence-electron chi connectivity index (χ3n) is 5.81. The zero-order chi connectivity index (χ0) is 21.2. The summed E-state index contributed by atoms with van der Waals surface area (Å²) in [7, 11) is 1.31. The Morgan fingerprint density at radius 1 is 1.32 bits per heavy atom. The van der Waals surface area contributed by atoms with E-state index < -0.39 is 5.97 Å². The summed E-state index contributed by atoms with van der Waals surface area (Å²) in [5.41, 5.74) is 3.40. The first-order valence-electron chi connectivity index (χ1n) is 10.1. The van der Waals surface area contributed by atoms with E-state index in [1.54, 1.807) is 6.07 Å². The molecular formula is C24H34O4. The summed E-state index contributed by atoms with van der Waals surface area (Å²) in [5, 5.41) is 22.1. The molecule has 0 saturated heterocycles. The minimum Gasteiger partial charge on any atom is -0.507 e. The molecule has 0 bridgehead atoms. The van der Waals surface area contributed by atoms with Crippen molar-refractivity contribution < 1.29 is 19.7 Å². The maximum Gasteiger partial charge on any atom is 0.341 e. The first-order chi connectivity index (χ1) is 13.1. The highest BCUT2D eigenvalue weighted by Crippen LogP contribution is 2.49. The molecule has 0 aromatic heterocycles. The van der Waals surface area contributed by atoms with Crippen LogP contribution in [0.4, 0.5) is 0 Å². The van der Waals surface area contributed by atoms with Crippen LogP contribution in [0.2, 0.25) is 0 Å². The number of benzene rings is 1. The maximum atomic E-state index is 12.6. The van der Waals surface area contributed by atoms with Gasteiger partial charge >= 0.3 is 5.97 Å². The highest BCUT2D eigenvalue weighted by molar-refractivity contribution is 5.95. The second-order valence-electron chi connectivity index (χ2n) is 8.67. The van der Waals surface area contributed by atoms with Crippen LogP contribution in [0.25, 0.3) is 0 Å². The number of phenolic OH excluding ortho intramolecular Hbond substituents is 2. The lowest BCUT2D eigenvalue weighted by Crippen LogP contribution is -2.19. The molecule has 1 aliphatic carbocycles. The van der Waals surface area contributed by atoms with E-state index in [4.69, 9.17) is 4.74 Å². The fraction of sp³-hybridized carbons (Fsp3) is 0.542. The molecule has 0 saturated carbocycles. The summed E-state index contributed by atoms with van der Waals surface area (Å²) in [6.45, 7) is 14.3. The third kappa shape index (κ3) is 4.43. The molecule has 2 rings (SSSR count). The van der Waals surface area contributed by atoms with Gasteiger partial charge in [0.25, 0.3) is 0 Å². The van der Waals surface area contributed by atoms with Crippen LogP contribution in [-0.2, 0) is 4.74 Å². The number of carbonyl (C=O) groups excluding carboxylic acids is 1. The predicted molar refractivity (Wildman–Crippen MR) is 113 cm³/mol. The topological polar surface area (TPSA) is 66.8 Å². The number of carbonyl (C=O) groups is 1. The van der Waals surface area contributed by atoms with Crippen molar-refractivity contribution in [3.8, 4) is 11.5 Å². The average molecular weight is 387 g/mol. The average Bonchev–Trinajstić information content (AvgIpc) is 2.59. The highest BCUT2D eigenvalue weighted by Gasteiger charge is 2.34. The molecule has 4 heteroatoms. The first kappa shape index (κ1) is 22.1. The lowest BCUT2D eigenvalue weighted by atomic mass is 9.73. The summed E-state index contributed by atoms with van der Waals surface area (Å²) >= 11 is 0. The molecule has 3 atom stereocenters. The molecule has 0 heterocycles. The van der Waals surface area contributed by atoms with Gasteiger partial charge in [0.1, 0.15) is 17.1 Å². The standard InChI is InChI=1S/C24H34O4/c1-13(2)10-16(6)18-12-20(25)21(23(26)22(18)24(27)28-7)19-11-15(5)8-9-17(19)14(3)4/h11-13,16-17,19,25-26H,3,8-10H2,1-2,4-7H3/t16?,17-,19+/m1/s1. The van der Waals surface area contributed by atoms with Crippen LogP contribution in [0.3, 0.4) is 0 Å².